The summed E-state index contributed by atoms with van der Waals surface area (Å²) in [6.07, 6.45) is 1.73. The van der Waals surface area contributed by atoms with Crippen LogP contribution < -0.4 is 5.14 Å². The highest BCUT2D eigenvalue weighted by molar-refractivity contribution is 7.89. The van der Waals surface area contributed by atoms with Gasteiger partial charge >= 0.3 is 0 Å². The molecule has 8 nitrogen and oxygen atoms in total. The van der Waals surface area contributed by atoms with Crippen LogP contribution in [0.2, 0.25) is 0 Å². The summed E-state index contributed by atoms with van der Waals surface area (Å²) < 4.78 is 24.7. The third-order valence-electron chi connectivity index (χ3n) is 3.54. The average molecular weight is 329 g/mol. The SMILES string of the molecule is NS(=O)(=O)c1ccc2[nH]c(O)c(-c3nc4ccccn4n3)c2c1. The molecule has 3 aromatic heterocycles. The largest absolute Gasteiger partial charge is 0.494 e. The van der Waals surface area contributed by atoms with Gasteiger partial charge in [0, 0.05) is 17.1 Å². The Hall–Kier alpha value is -2.91. The fourth-order valence-electron chi connectivity index (χ4n) is 2.50. The lowest BCUT2D eigenvalue weighted by molar-refractivity contribution is 0.460. The zero-order valence-corrected chi connectivity index (χ0v) is 12.4. The lowest BCUT2D eigenvalue weighted by Crippen LogP contribution is -2.11. The van der Waals surface area contributed by atoms with Crippen LogP contribution in [-0.2, 0) is 10.0 Å². The van der Waals surface area contributed by atoms with E-state index < -0.39 is 10.0 Å². The fourth-order valence-corrected chi connectivity index (χ4v) is 3.04. The van der Waals surface area contributed by atoms with Crippen molar-refractivity contribution in [3.63, 3.8) is 0 Å². The lowest BCUT2D eigenvalue weighted by atomic mass is 10.1. The number of sulfonamides is 1. The Morgan fingerprint density at radius 1 is 1.22 bits per heavy atom. The van der Waals surface area contributed by atoms with Crippen molar-refractivity contribution < 1.29 is 13.5 Å². The second-order valence-electron chi connectivity index (χ2n) is 5.04. The molecule has 0 aliphatic carbocycles. The van der Waals surface area contributed by atoms with Crippen LogP contribution in [0.3, 0.4) is 0 Å². The van der Waals surface area contributed by atoms with Gasteiger partial charge in [-0.2, -0.15) is 0 Å². The van der Waals surface area contributed by atoms with E-state index in [0.29, 0.717) is 22.1 Å². The molecule has 0 saturated heterocycles. The lowest BCUT2D eigenvalue weighted by Gasteiger charge is -1.99. The van der Waals surface area contributed by atoms with E-state index in [2.05, 4.69) is 15.1 Å². The molecule has 0 saturated carbocycles. The molecule has 4 aromatic rings. The van der Waals surface area contributed by atoms with Crippen molar-refractivity contribution in [1.82, 2.24) is 19.6 Å². The van der Waals surface area contributed by atoms with Gasteiger partial charge in [-0.05, 0) is 30.3 Å². The smallest absolute Gasteiger partial charge is 0.238 e. The number of benzene rings is 1. The van der Waals surface area contributed by atoms with Gasteiger partial charge in [-0.3, -0.25) is 0 Å². The first-order valence-electron chi connectivity index (χ1n) is 6.63. The standard InChI is InChI=1S/C14H11N5O3S/c15-23(21,22)8-4-5-10-9(7-8)12(14(20)16-10)13-17-11-3-1-2-6-19(11)18-13/h1-7,16,20H,(H2,15,21,22). The molecule has 0 bridgehead atoms. The molecule has 0 fully saturated rings. The topological polar surface area (TPSA) is 126 Å². The number of aromatic hydroxyl groups is 1. The maximum Gasteiger partial charge on any atom is 0.238 e. The molecule has 0 amide bonds. The summed E-state index contributed by atoms with van der Waals surface area (Å²) in [6.45, 7) is 0. The van der Waals surface area contributed by atoms with Gasteiger partial charge in [-0.25, -0.2) is 23.1 Å². The quantitative estimate of drug-likeness (QED) is 0.510. The molecule has 0 atom stereocenters. The Balaban J connectivity index is 2.03. The zero-order chi connectivity index (χ0) is 16.2. The summed E-state index contributed by atoms with van der Waals surface area (Å²) >= 11 is 0. The Bertz CT molecular complexity index is 1130. The summed E-state index contributed by atoms with van der Waals surface area (Å²) in [6, 6.07) is 9.70. The predicted octanol–water partition coefficient (Wildman–Crippen LogP) is 1.23. The predicted molar refractivity (Wildman–Crippen MR) is 83.3 cm³/mol. The summed E-state index contributed by atoms with van der Waals surface area (Å²) in [7, 11) is -3.85. The molecule has 0 radical (unpaired) electrons. The van der Waals surface area contributed by atoms with Gasteiger partial charge in [0.1, 0.15) is 0 Å². The van der Waals surface area contributed by atoms with Crippen LogP contribution in [0.4, 0.5) is 0 Å². The Morgan fingerprint density at radius 3 is 2.78 bits per heavy atom. The maximum atomic E-state index is 11.5. The number of rotatable bonds is 2. The van der Waals surface area contributed by atoms with Crippen LogP contribution in [0.25, 0.3) is 27.9 Å². The second-order valence-corrected chi connectivity index (χ2v) is 6.60. The van der Waals surface area contributed by atoms with Crippen molar-refractivity contribution in [3.8, 4) is 17.3 Å². The molecule has 1 aromatic carbocycles. The highest BCUT2D eigenvalue weighted by atomic mass is 32.2. The zero-order valence-electron chi connectivity index (χ0n) is 11.6. The van der Waals surface area contributed by atoms with E-state index in [9.17, 15) is 13.5 Å². The van der Waals surface area contributed by atoms with Gasteiger partial charge in [0.25, 0.3) is 0 Å². The van der Waals surface area contributed by atoms with Crippen LogP contribution in [-0.4, -0.2) is 33.1 Å². The average Bonchev–Trinajstić information content (AvgIpc) is 3.04. The number of primary sulfonamides is 1. The third kappa shape index (κ3) is 2.14. The first-order valence-corrected chi connectivity index (χ1v) is 8.17. The van der Waals surface area contributed by atoms with E-state index in [1.165, 1.54) is 18.2 Å². The van der Waals surface area contributed by atoms with Crippen LogP contribution in [0, 0.1) is 0 Å². The minimum Gasteiger partial charge on any atom is -0.494 e. The Morgan fingerprint density at radius 2 is 2.04 bits per heavy atom. The third-order valence-corrected chi connectivity index (χ3v) is 4.45. The normalized spacial score (nSPS) is 12.2. The van der Waals surface area contributed by atoms with Crippen molar-refractivity contribution in [1.29, 1.82) is 0 Å². The molecule has 0 aliphatic rings. The summed E-state index contributed by atoms with van der Waals surface area (Å²) in [5.41, 5.74) is 1.50. The summed E-state index contributed by atoms with van der Waals surface area (Å²) in [5.74, 6) is 0.147. The number of hydrogen-bond donors (Lipinski definition) is 3. The number of aromatic amines is 1. The molecule has 0 unspecified atom stereocenters. The van der Waals surface area contributed by atoms with Crippen LogP contribution in [0.1, 0.15) is 0 Å². The van der Waals surface area contributed by atoms with Crippen LogP contribution in [0.5, 0.6) is 5.88 Å². The molecule has 4 rings (SSSR count). The molecule has 4 N–H and O–H groups in total. The second kappa shape index (κ2) is 4.54. The number of H-pyrrole nitrogens is 1. The van der Waals surface area contributed by atoms with E-state index in [4.69, 9.17) is 5.14 Å². The minimum absolute atomic E-state index is 0.0472. The molecule has 0 aliphatic heterocycles. The number of pyridine rings is 1. The minimum atomic E-state index is -3.85. The number of hydrogen-bond acceptors (Lipinski definition) is 5. The van der Waals surface area contributed by atoms with E-state index in [1.807, 2.05) is 6.07 Å². The van der Waals surface area contributed by atoms with Gasteiger partial charge in [-0.1, -0.05) is 6.07 Å². The number of nitrogens with one attached hydrogen (secondary N) is 1. The van der Waals surface area contributed by atoms with Crippen molar-refractivity contribution in [3.05, 3.63) is 42.6 Å². The highest BCUT2D eigenvalue weighted by Crippen LogP contribution is 2.35. The summed E-state index contributed by atoms with van der Waals surface area (Å²) in [5, 5.41) is 20.1. The van der Waals surface area contributed by atoms with Crippen LogP contribution >= 0.6 is 0 Å². The number of nitrogens with zero attached hydrogens (tertiary/aromatic N) is 3. The van der Waals surface area contributed by atoms with Crippen molar-refractivity contribution in [2.45, 2.75) is 4.90 Å². The molecule has 0 spiro atoms. The van der Waals surface area contributed by atoms with Crippen molar-refractivity contribution in [2.24, 2.45) is 5.14 Å². The van der Waals surface area contributed by atoms with Gasteiger partial charge in [0.15, 0.2) is 11.5 Å². The van der Waals surface area contributed by atoms with Gasteiger partial charge in [-0.15, -0.1) is 5.10 Å². The monoisotopic (exact) mass is 329 g/mol. The van der Waals surface area contributed by atoms with E-state index >= 15 is 0 Å². The highest BCUT2D eigenvalue weighted by Gasteiger charge is 2.19. The van der Waals surface area contributed by atoms with Crippen molar-refractivity contribution >= 4 is 26.6 Å². The maximum absolute atomic E-state index is 11.5. The van der Waals surface area contributed by atoms with E-state index in [-0.39, 0.29) is 16.6 Å². The van der Waals surface area contributed by atoms with Crippen LogP contribution in [0.15, 0.2) is 47.5 Å². The van der Waals surface area contributed by atoms with E-state index in [1.54, 1.807) is 22.8 Å². The first-order chi connectivity index (χ1) is 10.9. The first kappa shape index (κ1) is 13.7. The van der Waals surface area contributed by atoms with Gasteiger partial charge in [0.05, 0.1) is 10.5 Å². The number of aromatic nitrogens is 4. The van der Waals surface area contributed by atoms with Crippen molar-refractivity contribution in [2.75, 3.05) is 0 Å². The molecule has 3 heterocycles. The Labute approximate surface area is 130 Å². The molecular formula is C14H11N5O3S. The molecule has 9 heteroatoms. The van der Waals surface area contributed by atoms with Gasteiger partial charge < -0.3 is 10.1 Å². The molecular weight excluding hydrogens is 318 g/mol. The Kier molecular flexibility index (Phi) is 2.71. The molecule has 23 heavy (non-hydrogen) atoms. The number of nitrogens with two attached hydrogens (primary N) is 1. The number of fused-ring (bicyclic) bond motifs is 2. The molecule has 116 valence electrons. The fraction of sp³-hybridized carbons (Fsp3) is 0. The van der Waals surface area contributed by atoms with Gasteiger partial charge in [0.2, 0.25) is 15.9 Å². The van der Waals surface area contributed by atoms with E-state index in [0.717, 1.165) is 0 Å². The summed E-state index contributed by atoms with van der Waals surface area (Å²) in [4.78, 5) is 7.08.